The lowest BCUT2D eigenvalue weighted by atomic mass is 9.82. The van der Waals surface area contributed by atoms with Crippen molar-refractivity contribution in [3.05, 3.63) is 47.5 Å². The van der Waals surface area contributed by atoms with E-state index in [1.807, 2.05) is 6.33 Å². The van der Waals surface area contributed by atoms with E-state index in [0.717, 1.165) is 5.82 Å². The Balaban J connectivity index is 2.08. The fraction of sp³-hybridized carbons (Fsp3) is 0.500. The van der Waals surface area contributed by atoms with Crippen molar-refractivity contribution in [3.8, 4) is 0 Å². The van der Waals surface area contributed by atoms with Crippen molar-refractivity contribution in [3.63, 3.8) is 0 Å². The zero-order valence-corrected chi connectivity index (χ0v) is 11.9. The number of hydrogen-bond donors (Lipinski definition) is 0. The molecule has 0 fully saturated rings. The van der Waals surface area contributed by atoms with Gasteiger partial charge in [0, 0.05) is 11.5 Å². The molecule has 1 unspecified atom stereocenters. The van der Waals surface area contributed by atoms with Gasteiger partial charge in [-0.05, 0) is 51.2 Å². The highest BCUT2D eigenvalue weighted by atomic mass is 15.3. The zero-order valence-electron chi connectivity index (χ0n) is 11.9. The van der Waals surface area contributed by atoms with Crippen molar-refractivity contribution in [1.82, 2.24) is 14.8 Å². The van der Waals surface area contributed by atoms with E-state index in [1.54, 1.807) is 0 Å². The SMILES string of the molecule is CC(C)(C)n1cnnc1C1CCCc2ccccc21. The summed E-state index contributed by atoms with van der Waals surface area (Å²) in [7, 11) is 0. The third-order valence-corrected chi connectivity index (χ3v) is 3.98. The summed E-state index contributed by atoms with van der Waals surface area (Å²) in [6.45, 7) is 6.61. The summed E-state index contributed by atoms with van der Waals surface area (Å²) in [6, 6.07) is 8.77. The molecule has 3 heteroatoms. The third kappa shape index (κ3) is 2.18. The van der Waals surface area contributed by atoms with Crippen LogP contribution >= 0.6 is 0 Å². The molecule has 2 aromatic rings. The number of benzene rings is 1. The predicted octanol–water partition coefficient (Wildman–Crippen LogP) is 3.50. The van der Waals surface area contributed by atoms with Crippen molar-refractivity contribution in [2.45, 2.75) is 51.5 Å². The summed E-state index contributed by atoms with van der Waals surface area (Å²) in [5.74, 6) is 1.51. The van der Waals surface area contributed by atoms with Gasteiger partial charge in [0.15, 0.2) is 0 Å². The standard InChI is InChI=1S/C16H21N3/c1-16(2,3)19-11-17-18-15(19)14-10-6-8-12-7-4-5-9-13(12)14/h4-5,7,9,11,14H,6,8,10H2,1-3H3. The van der Waals surface area contributed by atoms with Crippen LogP contribution in [0.4, 0.5) is 0 Å². The number of rotatable bonds is 1. The molecule has 3 rings (SSSR count). The number of aromatic nitrogens is 3. The molecule has 1 aliphatic rings. The van der Waals surface area contributed by atoms with Crippen molar-refractivity contribution in [2.24, 2.45) is 0 Å². The van der Waals surface area contributed by atoms with E-state index >= 15 is 0 Å². The first-order chi connectivity index (χ1) is 9.07. The van der Waals surface area contributed by atoms with Gasteiger partial charge < -0.3 is 4.57 Å². The van der Waals surface area contributed by atoms with Crippen LogP contribution in [0.15, 0.2) is 30.6 Å². The summed E-state index contributed by atoms with van der Waals surface area (Å²) < 4.78 is 2.22. The van der Waals surface area contributed by atoms with Crippen molar-refractivity contribution >= 4 is 0 Å². The summed E-state index contributed by atoms with van der Waals surface area (Å²) in [4.78, 5) is 0. The Hall–Kier alpha value is -1.64. The molecular formula is C16H21N3. The van der Waals surface area contributed by atoms with Crippen LogP contribution in [0.5, 0.6) is 0 Å². The van der Waals surface area contributed by atoms with E-state index in [-0.39, 0.29) is 5.54 Å². The molecule has 1 heterocycles. The molecule has 0 spiro atoms. The van der Waals surface area contributed by atoms with E-state index in [1.165, 1.54) is 30.4 Å². The van der Waals surface area contributed by atoms with Crippen LogP contribution in [-0.4, -0.2) is 14.8 Å². The molecule has 0 N–H and O–H groups in total. The largest absolute Gasteiger partial charge is 0.312 e. The lowest BCUT2D eigenvalue weighted by molar-refractivity contribution is 0.371. The Bertz CT molecular complexity index is 578. The molecule has 0 saturated heterocycles. The monoisotopic (exact) mass is 255 g/mol. The minimum Gasteiger partial charge on any atom is -0.312 e. The van der Waals surface area contributed by atoms with E-state index in [2.05, 4.69) is 59.8 Å². The van der Waals surface area contributed by atoms with Crippen LogP contribution in [0.2, 0.25) is 0 Å². The number of fused-ring (bicyclic) bond motifs is 1. The molecule has 100 valence electrons. The van der Waals surface area contributed by atoms with E-state index in [0.29, 0.717) is 5.92 Å². The summed E-state index contributed by atoms with van der Waals surface area (Å²) in [5.41, 5.74) is 2.94. The quantitative estimate of drug-likeness (QED) is 0.780. The van der Waals surface area contributed by atoms with Crippen LogP contribution in [-0.2, 0) is 12.0 Å². The zero-order chi connectivity index (χ0) is 13.5. The Morgan fingerprint density at radius 3 is 2.79 bits per heavy atom. The van der Waals surface area contributed by atoms with Gasteiger partial charge in [0.1, 0.15) is 12.2 Å². The van der Waals surface area contributed by atoms with Crippen LogP contribution < -0.4 is 0 Å². The molecule has 0 aliphatic heterocycles. The van der Waals surface area contributed by atoms with Gasteiger partial charge >= 0.3 is 0 Å². The lowest BCUT2D eigenvalue weighted by Gasteiger charge is -2.29. The summed E-state index contributed by atoms with van der Waals surface area (Å²) >= 11 is 0. The van der Waals surface area contributed by atoms with Crippen molar-refractivity contribution in [2.75, 3.05) is 0 Å². The smallest absolute Gasteiger partial charge is 0.140 e. The maximum Gasteiger partial charge on any atom is 0.140 e. The lowest BCUT2D eigenvalue weighted by Crippen LogP contribution is -2.26. The highest BCUT2D eigenvalue weighted by Crippen LogP contribution is 2.36. The second kappa shape index (κ2) is 4.48. The van der Waals surface area contributed by atoms with Gasteiger partial charge in [0.25, 0.3) is 0 Å². The summed E-state index contributed by atoms with van der Waals surface area (Å²) in [5, 5.41) is 8.57. The molecule has 19 heavy (non-hydrogen) atoms. The molecule has 0 bridgehead atoms. The maximum absolute atomic E-state index is 4.42. The Morgan fingerprint density at radius 2 is 2.00 bits per heavy atom. The molecule has 0 saturated carbocycles. The molecular weight excluding hydrogens is 234 g/mol. The molecule has 0 radical (unpaired) electrons. The number of nitrogens with zero attached hydrogens (tertiary/aromatic N) is 3. The highest BCUT2D eigenvalue weighted by molar-refractivity contribution is 5.36. The van der Waals surface area contributed by atoms with Crippen molar-refractivity contribution in [1.29, 1.82) is 0 Å². The predicted molar refractivity (Wildman–Crippen MR) is 76.2 cm³/mol. The third-order valence-electron chi connectivity index (χ3n) is 3.98. The maximum atomic E-state index is 4.42. The minimum atomic E-state index is 0.0330. The van der Waals surface area contributed by atoms with E-state index < -0.39 is 0 Å². The van der Waals surface area contributed by atoms with Crippen molar-refractivity contribution < 1.29 is 0 Å². The first-order valence-electron chi connectivity index (χ1n) is 7.05. The molecule has 3 nitrogen and oxygen atoms in total. The van der Waals surface area contributed by atoms with Gasteiger partial charge in [-0.15, -0.1) is 10.2 Å². The highest BCUT2D eigenvalue weighted by Gasteiger charge is 2.28. The molecule has 1 aliphatic carbocycles. The Labute approximate surface area is 114 Å². The first kappa shape index (κ1) is 12.4. The molecule has 1 atom stereocenters. The average Bonchev–Trinajstić information content (AvgIpc) is 2.87. The fourth-order valence-corrected chi connectivity index (χ4v) is 3.02. The summed E-state index contributed by atoms with van der Waals surface area (Å²) in [6.07, 6.45) is 5.47. The molecule has 1 aromatic heterocycles. The number of aryl methyl sites for hydroxylation is 1. The normalized spacial score (nSPS) is 19.2. The van der Waals surface area contributed by atoms with Gasteiger partial charge in [-0.1, -0.05) is 24.3 Å². The van der Waals surface area contributed by atoms with Crippen LogP contribution in [0.25, 0.3) is 0 Å². The van der Waals surface area contributed by atoms with E-state index in [4.69, 9.17) is 0 Å². The van der Waals surface area contributed by atoms with Gasteiger partial charge in [-0.25, -0.2) is 0 Å². The second-order valence-electron chi connectivity index (χ2n) is 6.37. The topological polar surface area (TPSA) is 30.7 Å². The first-order valence-corrected chi connectivity index (χ1v) is 7.05. The van der Waals surface area contributed by atoms with Crippen LogP contribution in [0, 0.1) is 0 Å². The minimum absolute atomic E-state index is 0.0330. The van der Waals surface area contributed by atoms with Crippen LogP contribution in [0.3, 0.4) is 0 Å². The van der Waals surface area contributed by atoms with Gasteiger partial charge in [0.2, 0.25) is 0 Å². The fourth-order valence-electron chi connectivity index (χ4n) is 3.02. The van der Waals surface area contributed by atoms with Gasteiger partial charge in [-0.2, -0.15) is 0 Å². The number of hydrogen-bond acceptors (Lipinski definition) is 2. The Kier molecular flexibility index (Phi) is 2.92. The van der Waals surface area contributed by atoms with Gasteiger partial charge in [0.05, 0.1) is 0 Å². The molecule has 0 amide bonds. The molecule has 1 aromatic carbocycles. The van der Waals surface area contributed by atoms with Crippen LogP contribution in [0.1, 0.15) is 56.5 Å². The second-order valence-corrected chi connectivity index (χ2v) is 6.37. The van der Waals surface area contributed by atoms with E-state index in [9.17, 15) is 0 Å². The Morgan fingerprint density at radius 1 is 1.21 bits per heavy atom. The van der Waals surface area contributed by atoms with Gasteiger partial charge in [-0.3, -0.25) is 0 Å². The average molecular weight is 255 g/mol.